The highest BCUT2D eigenvalue weighted by Gasteiger charge is 2.21. The summed E-state index contributed by atoms with van der Waals surface area (Å²) in [6, 6.07) is 14.1. The summed E-state index contributed by atoms with van der Waals surface area (Å²) in [5.41, 5.74) is 4.13. The lowest BCUT2D eigenvalue weighted by Gasteiger charge is -2.23. The minimum atomic E-state index is 0.830. The average Bonchev–Trinajstić information content (AvgIpc) is 2.54. The van der Waals surface area contributed by atoms with Crippen LogP contribution in [0, 0.1) is 0 Å². The quantitative estimate of drug-likeness (QED) is 0.810. The van der Waals surface area contributed by atoms with Crippen LogP contribution in [0.5, 0.6) is 11.5 Å². The topological polar surface area (TPSA) is 18.5 Å². The monoisotopic (exact) mass is 278 g/mol. The molecule has 2 heteroatoms. The number of methoxy groups -OCH3 is 1. The van der Waals surface area contributed by atoms with E-state index < -0.39 is 0 Å². The summed E-state index contributed by atoms with van der Waals surface area (Å²) in [7, 11) is 1.69. The van der Waals surface area contributed by atoms with Crippen molar-refractivity contribution in [1.82, 2.24) is 0 Å². The minimum absolute atomic E-state index is 0.830. The molecular weight excluding hydrogens is 260 g/mol. The van der Waals surface area contributed by atoms with Gasteiger partial charge in [-0.2, -0.15) is 0 Å². The maximum absolute atomic E-state index is 6.17. The van der Waals surface area contributed by atoms with Crippen LogP contribution in [-0.4, -0.2) is 7.11 Å². The van der Waals surface area contributed by atoms with E-state index in [1.165, 1.54) is 0 Å². The first-order valence-electron chi connectivity index (χ1n) is 7.08. The van der Waals surface area contributed by atoms with Gasteiger partial charge in [-0.15, -0.1) is 0 Å². The van der Waals surface area contributed by atoms with Gasteiger partial charge in [0.2, 0.25) is 0 Å². The third kappa shape index (κ3) is 2.33. The van der Waals surface area contributed by atoms with Crippen LogP contribution in [-0.2, 0) is 6.42 Å². The fourth-order valence-electron chi connectivity index (χ4n) is 2.63. The zero-order valence-electron chi connectivity index (χ0n) is 12.3. The highest BCUT2D eigenvalue weighted by Crippen LogP contribution is 2.42. The molecule has 0 spiro atoms. The van der Waals surface area contributed by atoms with Gasteiger partial charge >= 0.3 is 0 Å². The Kier molecular flexibility index (Phi) is 3.53. The number of fused-ring (bicyclic) bond motifs is 1. The summed E-state index contributed by atoms with van der Waals surface area (Å²) in [5, 5.41) is 0. The summed E-state index contributed by atoms with van der Waals surface area (Å²) >= 11 is 0. The van der Waals surface area contributed by atoms with Crippen LogP contribution >= 0.6 is 0 Å². The summed E-state index contributed by atoms with van der Waals surface area (Å²) in [6.07, 6.45) is 2.84. The van der Waals surface area contributed by atoms with Crippen LogP contribution in [0.3, 0.4) is 0 Å². The zero-order valence-corrected chi connectivity index (χ0v) is 12.3. The van der Waals surface area contributed by atoms with E-state index in [0.717, 1.165) is 45.9 Å². The number of hydrogen-bond donors (Lipinski definition) is 0. The van der Waals surface area contributed by atoms with Crippen LogP contribution in [0.25, 0.3) is 11.3 Å². The van der Waals surface area contributed by atoms with E-state index in [-0.39, 0.29) is 0 Å². The fourth-order valence-corrected chi connectivity index (χ4v) is 2.63. The van der Waals surface area contributed by atoms with Crippen molar-refractivity contribution in [3.8, 4) is 11.5 Å². The molecule has 2 aromatic rings. The van der Waals surface area contributed by atoms with Crippen LogP contribution in [0.2, 0.25) is 0 Å². The highest BCUT2D eigenvalue weighted by molar-refractivity contribution is 5.88. The molecule has 106 valence electrons. The van der Waals surface area contributed by atoms with Crippen LogP contribution in [0.4, 0.5) is 0 Å². The van der Waals surface area contributed by atoms with Crippen molar-refractivity contribution in [1.29, 1.82) is 0 Å². The van der Waals surface area contributed by atoms with E-state index in [0.29, 0.717) is 0 Å². The summed E-state index contributed by atoms with van der Waals surface area (Å²) in [5.74, 6) is 2.55. The average molecular weight is 278 g/mol. The Morgan fingerprint density at radius 2 is 1.86 bits per heavy atom. The Morgan fingerprint density at radius 3 is 2.52 bits per heavy atom. The van der Waals surface area contributed by atoms with Crippen molar-refractivity contribution in [3.05, 3.63) is 71.8 Å². The Labute approximate surface area is 125 Å². The molecule has 0 bridgehead atoms. The predicted octanol–water partition coefficient (Wildman–Crippen LogP) is 4.70. The summed E-state index contributed by atoms with van der Waals surface area (Å²) < 4.78 is 11.6. The molecule has 21 heavy (non-hydrogen) atoms. The van der Waals surface area contributed by atoms with Crippen molar-refractivity contribution in [2.75, 3.05) is 7.11 Å². The van der Waals surface area contributed by atoms with E-state index in [1.54, 1.807) is 7.11 Å². The Morgan fingerprint density at radius 1 is 1.10 bits per heavy atom. The molecule has 0 N–H and O–H groups in total. The molecule has 0 aromatic heterocycles. The third-order valence-electron chi connectivity index (χ3n) is 3.71. The SMILES string of the molecule is C=C1C=C(c2ccccc2)Oc2c1ccc(OC)c2CC. The maximum Gasteiger partial charge on any atom is 0.142 e. The van der Waals surface area contributed by atoms with E-state index >= 15 is 0 Å². The molecule has 2 aromatic carbocycles. The lowest BCUT2D eigenvalue weighted by Crippen LogP contribution is -2.06. The molecule has 0 saturated heterocycles. The first-order chi connectivity index (χ1) is 10.2. The smallest absolute Gasteiger partial charge is 0.142 e. The molecule has 0 aliphatic carbocycles. The second-order valence-corrected chi connectivity index (χ2v) is 4.98. The van der Waals surface area contributed by atoms with Crippen molar-refractivity contribution < 1.29 is 9.47 Å². The van der Waals surface area contributed by atoms with Gasteiger partial charge in [0, 0.05) is 16.7 Å². The lowest BCUT2D eigenvalue weighted by atomic mass is 9.96. The van der Waals surface area contributed by atoms with Crippen molar-refractivity contribution in [3.63, 3.8) is 0 Å². The number of allylic oxidation sites excluding steroid dienone is 2. The Hall–Kier alpha value is -2.48. The van der Waals surface area contributed by atoms with Gasteiger partial charge in [-0.3, -0.25) is 0 Å². The van der Waals surface area contributed by atoms with E-state index in [9.17, 15) is 0 Å². The second-order valence-electron chi connectivity index (χ2n) is 4.98. The zero-order chi connectivity index (χ0) is 14.8. The number of benzene rings is 2. The molecular formula is C19H18O2. The largest absolute Gasteiger partial charge is 0.496 e. The third-order valence-corrected chi connectivity index (χ3v) is 3.71. The second kappa shape index (κ2) is 5.49. The predicted molar refractivity (Wildman–Crippen MR) is 86.5 cm³/mol. The first-order valence-corrected chi connectivity index (χ1v) is 7.08. The minimum Gasteiger partial charge on any atom is -0.496 e. The van der Waals surface area contributed by atoms with Gasteiger partial charge in [-0.05, 0) is 30.2 Å². The van der Waals surface area contributed by atoms with Gasteiger partial charge in [0.25, 0.3) is 0 Å². The number of ether oxygens (including phenoxy) is 2. The van der Waals surface area contributed by atoms with Crippen LogP contribution in [0.1, 0.15) is 23.6 Å². The van der Waals surface area contributed by atoms with Crippen molar-refractivity contribution in [2.24, 2.45) is 0 Å². The van der Waals surface area contributed by atoms with Gasteiger partial charge in [-0.25, -0.2) is 0 Å². The number of rotatable bonds is 3. The van der Waals surface area contributed by atoms with Gasteiger partial charge < -0.3 is 9.47 Å². The molecule has 1 aliphatic rings. The molecule has 1 aliphatic heterocycles. The molecule has 0 saturated carbocycles. The van der Waals surface area contributed by atoms with E-state index in [1.807, 2.05) is 48.5 Å². The first kappa shape index (κ1) is 13.5. The molecule has 2 nitrogen and oxygen atoms in total. The molecule has 1 heterocycles. The molecule has 0 radical (unpaired) electrons. The normalized spacial score (nSPS) is 13.2. The Bertz CT molecular complexity index is 712. The van der Waals surface area contributed by atoms with E-state index in [4.69, 9.17) is 9.47 Å². The fraction of sp³-hybridized carbons (Fsp3) is 0.158. The molecule has 0 fully saturated rings. The number of hydrogen-bond acceptors (Lipinski definition) is 2. The van der Waals surface area contributed by atoms with E-state index in [2.05, 4.69) is 13.5 Å². The maximum atomic E-state index is 6.17. The Balaban J connectivity index is 2.11. The lowest BCUT2D eigenvalue weighted by molar-refractivity contribution is 0.404. The van der Waals surface area contributed by atoms with Crippen LogP contribution in [0.15, 0.2) is 55.1 Å². The summed E-state index contributed by atoms with van der Waals surface area (Å²) in [4.78, 5) is 0. The van der Waals surface area contributed by atoms with Crippen LogP contribution < -0.4 is 9.47 Å². The summed E-state index contributed by atoms with van der Waals surface area (Å²) in [6.45, 7) is 6.27. The van der Waals surface area contributed by atoms with Crippen molar-refractivity contribution in [2.45, 2.75) is 13.3 Å². The molecule has 0 unspecified atom stereocenters. The van der Waals surface area contributed by atoms with Crippen molar-refractivity contribution >= 4 is 11.3 Å². The van der Waals surface area contributed by atoms with Gasteiger partial charge in [0.05, 0.1) is 7.11 Å². The molecule has 0 amide bonds. The van der Waals surface area contributed by atoms with Gasteiger partial charge in [0.1, 0.15) is 17.3 Å². The highest BCUT2D eigenvalue weighted by atomic mass is 16.5. The van der Waals surface area contributed by atoms with Gasteiger partial charge in [0.15, 0.2) is 0 Å². The molecule has 0 atom stereocenters. The molecule has 3 rings (SSSR count). The van der Waals surface area contributed by atoms with Gasteiger partial charge in [-0.1, -0.05) is 43.8 Å². The standard InChI is InChI=1S/C19H18O2/c1-4-15-17(20-3)11-10-16-13(2)12-18(21-19(15)16)14-8-6-5-7-9-14/h5-12H,2,4H2,1,3H3.